The van der Waals surface area contributed by atoms with E-state index in [9.17, 15) is 0 Å². The highest BCUT2D eigenvalue weighted by Gasteiger charge is 2.21. The Morgan fingerprint density at radius 2 is 2.38 bits per heavy atom. The van der Waals surface area contributed by atoms with Crippen LogP contribution >= 0.6 is 23.4 Å². The molecule has 13 heavy (non-hydrogen) atoms. The number of rotatable bonds is 4. The summed E-state index contributed by atoms with van der Waals surface area (Å²) in [6.07, 6.45) is 4.64. The van der Waals surface area contributed by atoms with E-state index in [0.717, 1.165) is 16.5 Å². The molecule has 1 nitrogen and oxygen atoms in total. The van der Waals surface area contributed by atoms with Crippen LogP contribution in [0.25, 0.3) is 0 Å². The molecule has 0 spiro atoms. The fourth-order valence-corrected chi connectivity index (χ4v) is 2.62. The Bertz CT molecular complexity index is 286. The van der Waals surface area contributed by atoms with Crippen molar-refractivity contribution in [2.24, 2.45) is 5.92 Å². The van der Waals surface area contributed by atoms with Gasteiger partial charge in [0.1, 0.15) is 5.03 Å². The third-order valence-corrected chi connectivity index (χ3v) is 3.71. The van der Waals surface area contributed by atoms with E-state index in [1.54, 1.807) is 0 Å². The zero-order valence-corrected chi connectivity index (χ0v) is 8.94. The molecular formula is C10H12ClNS. The van der Waals surface area contributed by atoms with Crippen LogP contribution in [0, 0.1) is 5.92 Å². The molecule has 0 aliphatic heterocycles. The summed E-state index contributed by atoms with van der Waals surface area (Å²) in [5.41, 5.74) is 1.16. The molecule has 1 aliphatic rings. The predicted octanol–water partition coefficient (Wildman–Crippen LogP) is 3.32. The standard InChI is InChI=1S/C10H12ClNS/c11-6-9-2-1-5-12-10(9)13-7-8-3-4-8/h1-2,5,8H,3-4,6-7H2. The van der Waals surface area contributed by atoms with Crippen molar-refractivity contribution in [3.63, 3.8) is 0 Å². The van der Waals surface area contributed by atoms with E-state index in [-0.39, 0.29) is 0 Å². The van der Waals surface area contributed by atoms with Crippen molar-refractivity contribution in [2.45, 2.75) is 23.7 Å². The first kappa shape index (κ1) is 9.35. The molecule has 2 rings (SSSR count). The molecule has 0 saturated heterocycles. The van der Waals surface area contributed by atoms with Gasteiger partial charge in [0.25, 0.3) is 0 Å². The number of hydrogen-bond acceptors (Lipinski definition) is 2. The van der Waals surface area contributed by atoms with Crippen LogP contribution in [0.5, 0.6) is 0 Å². The van der Waals surface area contributed by atoms with Gasteiger partial charge in [-0.1, -0.05) is 6.07 Å². The van der Waals surface area contributed by atoms with Gasteiger partial charge < -0.3 is 0 Å². The van der Waals surface area contributed by atoms with Crippen LogP contribution in [-0.4, -0.2) is 10.7 Å². The number of nitrogens with zero attached hydrogens (tertiary/aromatic N) is 1. The van der Waals surface area contributed by atoms with Gasteiger partial charge in [-0.15, -0.1) is 23.4 Å². The molecule has 1 fully saturated rings. The van der Waals surface area contributed by atoms with Crippen molar-refractivity contribution in [3.8, 4) is 0 Å². The van der Waals surface area contributed by atoms with Crippen molar-refractivity contribution >= 4 is 23.4 Å². The quantitative estimate of drug-likeness (QED) is 0.562. The molecule has 1 aromatic heterocycles. The molecular weight excluding hydrogens is 202 g/mol. The highest BCUT2D eigenvalue weighted by molar-refractivity contribution is 7.99. The third kappa shape index (κ3) is 2.61. The van der Waals surface area contributed by atoms with E-state index in [2.05, 4.69) is 11.1 Å². The molecule has 0 amide bonds. The molecule has 0 bridgehead atoms. The van der Waals surface area contributed by atoms with E-state index < -0.39 is 0 Å². The van der Waals surface area contributed by atoms with E-state index in [1.807, 2.05) is 24.0 Å². The Balaban J connectivity index is 1.99. The highest BCUT2D eigenvalue weighted by atomic mass is 35.5. The average Bonchev–Trinajstić information content (AvgIpc) is 2.99. The Morgan fingerprint density at radius 3 is 3.08 bits per heavy atom. The number of halogens is 1. The first-order valence-corrected chi connectivity index (χ1v) is 6.05. The molecule has 3 heteroatoms. The number of pyridine rings is 1. The van der Waals surface area contributed by atoms with Gasteiger partial charge in [-0.2, -0.15) is 0 Å². The maximum atomic E-state index is 5.81. The summed E-state index contributed by atoms with van der Waals surface area (Å²) in [7, 11) is 0. The van der Waals surface area contributed by atoms with E-state index in [1.165, 1.54) is 18.6 Å². The summed E-state index contributed by atoms with van der Waals surface area (Å²) >= 11 is 7.66. The number of aromatic nitrogens is 1. The van der Waals surface area contributed by atoms with Gasteiger partial charge in [0, 0.05) is 11.9 Å². The van der Waals surface area contributed by atoms with Gasteiger partial charge in [0.05, 0.1) is 5.88 Å². The topological polar surface area (TPSA) is 12.9 Å². The van der Waals surface area contributed by atoms with E-state index >= 15 is 0 Å². The van der Waals surface area contributed by atoms with Gasteiger partial charge in [0.15, 0.2) is 0 Å². The van der Waals surface area contributed by atoms with Crippen molar-refractivity contribution in [2.75, 3.05) is 5.75 Å². The molecule has 0 radical (unpaired) electrons. The Kier molecular flexibility index (Phi) is 3.12. The van der Waals surface area contributed by atoms with E-state index in [4.69, 9.17) is 11.6 Å². The molecule has 0 unspecified atom stereocenters. The van der Waals surface area contributed by atoms with Gasteiger partial charge in [-0.3, -0.25) is 0 Å². The lowest BCUT2D eigenvalue weighted by atomic mass is 10.3. The van der Waals surface area contributed by atoms with Crippen LogP contribution < -0.4 is 0 Å². The molecule has 1 aliphatic carbocycles. The molecule has 1 heterocycles. The molecule has 1 aromatic rings. The number of thioether (sulfide) groups is 1. The second-order valence-corrected chi connectivity index (χ2v) is 4.63. The van der Waals surface area contributed by atoms with Crippen molar-refractivity contribution in [1.29, 1.82) is 0 Å². The Morgan fingerprint density at radius 1 is 1.54 bits per heavy atom. The minimum absolute atomic E-state index is 0.570. The lowest BCUT2D eigenvalue weighted by molar-refractivity contribution is 0.986. The second kappa shape index (κ2) is 4.34. The summed E-state index contributed by atoms with van der Waals surface area (Å²) in [6, 6.07) is 3.99. The van der Waals surface area contributed by atoms with Crippen molar-refractivity contribution < 1.29 is 0 Å². The minimum atomic E-state index is 0.570. The smallest absolute Gasteiger partial charge is 0.100 e. The Labute approximate surface area is 87.9 Å². The first-order valence-electron chi connectivity index (χ1n) is 4.53. The maximum Gasteiger partial charge on any atom is 0.100 e. The van der Waals surface area contributed by atoms with Gasteiger partial charge in [-0.25, -0.2) is 4.98 Å². The normalized spacial score (nSPS) is 16.1. The molecule has 70 valence electrons. The van der Waals surface area contributed by atoms with Crippen LogP contribution in [0.3, 0.4) is 0 Å². The van der Waals surface area contributed by atoms with Gasteiger partial charge in [-0.05, 0) is 30.4 Å². The summed E-state index contributed by atoms with van der Waals surface area (Å²) < 4.78 is 0. The fourth-order valence-electron chi connectivity index (χ4n) is 1.14. The molecule has 0 aromatic carbocycles. The lowest BCUT2D eigenvalue weighted by Crippen LogP contribution is -1.89. The summed E-state index contributed by atoms with van der Waals surface area (Å²) in [5, 5.41) is 1.12. The van der Waals surface area contributed by atoms with Gasteiger partial charge >= 0.3 is 0 Å². The third-order valence-electron chi connectivity index (χ3n) is 2.15. The monoisotopic (exact) mass is 213 g/mol. The first-order chi connectivity index (χ1) is 6.40. The van der Waals surface area contributed by atoms with E-state index in [0.29, 0.717) is 5.88 Å². The average molecular weight is 214 g/mol. The van der Waals surface area contributed by atoms with Gasteiger partial charge in [0.2, 0.25) is 0 Å². The highest BCUT2D eigenvalue weighted by Crippen LogP contribution is 2.35. The lowest BCUT2D eigenvalue weighted by Gasteiger charge is -2.03. The summed E-state index contributed by atoms with van der Waals surface area (Å²) in [4.78, 5) is 4.33. The zero-order chi connectivity index (χ0) is 9.10. The fraction of sp³-hybridized carbons (Fsp3) is 0.500. The number of alkyl halides is 1. The Hall–Kier alpha value is -0.210. The zero-order valence-electron chi connectivity index (χ0n) is 7.37. The minimum Gasteiger partial charge on any atom is -0.250 e. The van der Waals surface area contributed by atoms with Crippen LogP contribution in [0.2, 0.25) is 0 Å². The van der Waals surface area contributed by atoms with Crippen LogP contribution in [-0.2, 0) is 5.88 Å². The van der Waals surface area contributed by atoms with Crippen LogP contribution in [0.4, 0.5) is 0 Å². The molecule has 0 N–H and O–H groups in total. The largest absolute Gasteiger partial charge is 0.250 e. The number of hydrogen-bond donors (Lipinski definition) is 0. The summed E-state index contributed by atoms with van der Waals surface area (Å²) in [5.74, 6) is 2.72. The van der Waals surface area contributed by atoms with Crippen LogP contribution in [0.15, 0.2) is 23.4 Å². The molecule has 1 saturated carbocycles. The van der Waals surface area contributed by atoms with Crippen molar-refractivity contribution in [1.82, 2.24) is 4.98 Å². The maximum absolute atomic E-state index is 5.81. The second-order valence-electron chi connectivity index (χ2n) is 3.36. The molecule has 0 atom stereocenters. The summed E-state index contributed by atoms with van der Waals surface area (Å²) in [6.45, 7) is 0. The predicted molar refractivity (Wildman–Crippen MR) is 57.2 cm³/mol. The SMILES string of the molecule is ClCc1cccnc1SCC1CC1. The van der Waals surface area contributed by atoms with Crippen molar-refractivity contribution in [3.05, 3.63) is 23.9 Å². The van der Waals surface area contributed by atoms with Crippen LogP contribution in [0.1, 0.15) is 18.4 Å².